The van der Waals surface area contributed by atoms with Crippen molar-refractivity contribution in [3.8, 4) is 0 Å². The van der Waals surface area contributed by atoms with E-state index >= 15 is 0 Å². The Morgan fingerprint density at radius 3 is 2.68 bits per heavy atom. The van der Waals surface area contributed by atoms with Crippen LogP contribution in [0.5, 0.6) is 0 Å². The highest BCUT2D eigenvalue weighted by Crippen LogP contribution is 2.19. The van der Waals surface area contributed by atoms with Crippen LogP contribution in [0.2, 0.25) is 0 Å². The van der Waals surface area contributed by atoms with Gasteiger partial charge in [-0.2, -0.15) is 10.2 Å². The number of halogens is 1. The van der Waals surface area contributed by atoms with Crippen LogP contribution in [0.3, 0.4) is 0 Å². The first-order valence-corrected chi connectivity index (χ1v) is 7.12. The van der Waals surface area contributed by atoms with Crippen molar-refractivity contribution in [2.45, 2.75) is 0 Å². The van der Waals surface area contributed by atoms with Crippen LogP contribution in [-0.4, -0.2) is 16.4 Å². The summed E-state index contributed by atoms with van der Waals surface area (Å²) in [5.41, 5.74) is 3.89. The van der Waals surface area contributed by atoms with Crippen LogP contribution in [-0.2, 0) is 0 Å². The van der Waals surface area contributed by atoms with Crippen molar-refractivity contribution >= 4 is 40.5 Å². The van der Waals surface area contributed by atoms with E-state index in [4.69, 9.17) is 11.6 Å². The highest BCUT2D eigenvalue weighted by atomic mass is 35.5. The molecule has 0 saturated carbocycles. The minimum Gasteiger partial charge on any atom is -0.259 e. The SMILES string of the molecule is ClC(C=NNc1nncc2ccccc12)=Cc1ccccc1. The van der Waals surface area contributed by atoms with Gasteiger partial charge >= 0.3 is 0 Å². The summed E-state index contributed by atoms with van der Waals surface area (Å²) in [4.78, 5) is 0. The quantitative estimate of drug-likeness (QED) is 0.577. The molecule has 0 amide bonds. The average molecular weight is 309 g/mol. The van der Waals surface area contributed by atoms with Gasteiger partial charge in [-0.15, -0.1) is 5.10 Å². The maximum atomic E-state index is 6.14. The molecule has 3 rings (SSSR count). The van der Waals surface area contributed by atoms with Gasteiger partial charge in [0.25, 0.3) is 0 Å². The molecule has 0 bridgehead atoms. The van der Waals surface area contributed by atoms with Gasteiger partial charge in [-0.25, -0.2) is 0 Å². The molecule has 0 saturated heterocycles. The largest absolute Gasteiger partial charge is 0.259 e. The molecule has 5 heteroatoms. The number of hydrogen-bond donors (Lipinski definition) is 1. The molecule has 0 radical (unpaired) electrons. The molecule has 4 nitrogen and oxygen atoms in total. The summed E-state index contributed by atoms with van der Waals surface area (Å²) < 4.78 is 0. The Bertz CT molecular complexity index is 823. The molecule has 2 aromatic carbocycles. The van der Waals surface area contributed by atoms with Crippen molar-refractivity contribution in [3.05, 3.63) is 71.4 Å². The number of rotatable bonds is 4. The third kappa shape index (κ3) is 3.48. The van der Waals surface area contributed by atoms with E-state index in [-0.39, 0.29) is 0 Å². The molecule has 22 heavy (non-hydrogen) atoms. The molecule has 108 valence electrons. The van der Waals surface area contributed by atoms with E-state index < -0.39 is 0 Å². The zero-order chi connectivity index (χ0) is 15.2. The minimum absolute atomic E-state index is 0.520. The first-order chi connectivity index (χ1) is 10.8. The van der Waals surface area contributed by atoms with Gasteiger partial charge in [0.1, 0.15) is 0 Å². The lowest BCUT2D eigenvalue weighted by Gasteiger charge is -2.02. The van der Waals surface area contributed by atoms with Gasteiger partial charge in [0.2, 0.25) is 0 Å². The van der Waals surface area contributed by atoms with Crippen LogP contribution in [0.15, 0.2) is 70.9 Å². The number of aromatic nitrogens is 2. The van der Waals surface area contributed by atoms with Crippen LogP contribution in [0.1, 0.15) is 5.56 Å². The van der Waals surface area contributed by atoms with Crippen molar-refractivity contribution in [2.75, 3.05) is 5.43 Å². The third-order valence-electron chi connectivity index (χ3n) is 3.03. The molecule has 0 unspecified atom stereocenters. The fraction of sp³-hybridized carbons (Fsp3) is 0. The summed E-state index contributed by atoms with van der Waals surface area (Å²) in [6, 6.07) is 17.6. The highest BCUT2D eigenvalue weighted by molar-refractivity contribution is 6.41. The lowest BCUT2D eigenvalue weighted by Crippen LogP contribution is -1.96. The van der Waals surface area contributed by atoms with Crippen molar-refractivity contribution in [2.24, 2.45) is 5.10 Å². The number of hydrogen-bond acceptors (Lipinski definition) is 4. The van der Waals surface area contributed by atoms with Gasteiger partial charge in [0, 0.05) is 10.8 Å². The summed E-state index contributed by atoms with van der Waals surface area (Å²) in [7, 11) is 0. The maximum absolute atomic E-state index is 6.14. The van der Waals surface area contributed by atoms with Gasteiger partial charge in [-0.05, 0) is 11.6 Å². The third-order valence-corrected chi connectivity index (χ3v) is 3.24. The highest BCUT2D eigenvalue weighted by Gasteiger charge is 2.00. The Morgan fingerprint density at radius 2 is 1.82 bits per heavy atom. The molecular weight excluding hydrogens is 296 g/mol. The summed E-state index contributed by atoms with van der Waals surface area (Å²) in [5.74, 6) is 0.596. The Balaban J connectivity index is 1.75. The van der Waals surface area contributed by atoms with Gasteiger partial charge < -0.3 is 0 Å². The van der Waals surface area contributed by atoms with E-state index in [0.29, 0.717) is 10.9 Å². The Labute approximate surface area is 133 Å². The lowest BCUT2D eigenvalue weighted by molar-refractivity contribution is 1.04. The first kappa shape index (κ1) is 14.2. The second-order valence-corrected chi connectivity index (χ2v) is 5.03. The zero-order valence-corrected chi connectivity index (χ0v) is 12.4. The summed E-state index contributed by atoms with van der Waals surface area (Å²) in [5, 5.41) is 14.6. The van der Waals surface area contributed by atoms with Crippen LogP contribution in [0.25, 0.3) is 16.8 Å². The Hall–Kier alpha value is -2.72. The van der Waals surface area contributed by atoms with Crippen molar-refractivity contribution in [1.29, 1.82) is 0 Å². The van der Waals surface area contributed by atoms with Gasteiger partial charge in [-0.1, -0.05) is 66.2 Å². The first-order valence-electron chi connectivity index (χ1n) is 6.75. The number of nitrogens with zero attached hydrogens (tertiary/aromatic N) is 3. The van der Waals surface area contributed by atoms with E-state index in [2.05, 4.69) is 20.7 Å². The molecule has 0 spiro atoms. The standard InChI is InChI=1S/C17H13ClN4/c18-15(10-13-6-2-1-3-7-13)12-20-22-17-16-9-5-4-8-14(16)11-19-21-17/h1-12H,(H,21,22). The topological polar surface area (TPSA) is 50.2 Å². The number of fused-ring (bicyclic) bond motifs is 1. The molecular formula is C17H13ClN4. The van der Waals surface area contributed by atoms with Crippen molar-refractivity contribution < 1.29 is 0 Å². The molecule has 0 aliphatic heterocycles. The Kier molecular flexibility index (Phi) is 4.41. The van der Waals surface area contributed by atoms with E-state index in [1.807, 2.05) is 60.7 Å². The number of allylic oxidation sites excluding steroid dienone is 1. The van der Waals surface area contributed by atoms with E-state index in [9.17, 15) is 0 Å². The van der Waals surface area contributed by atoms with Gasteiger partial charge in [0.15, 0.2) is 5.82 Å². The van der Waals surface area contributed by atoms with Crippen LogP contribution in [0, 0.1) is 0 Å². The van der Waals surface area contributed by atoms with Crippen molar-refractivity contribution in [3.63, 3.8) is 0 Å². The van der Waals surface area contributed by atoms with Crippen molar-refractivity contribution in [1.82, 2.24) is 10.2 Å². The second-order valence-electron chi connectivity index (χ2n) is 4.59. The fourth-order valence-electron chi connectivity index (χ4n) is 2.01. The summed E-state index contributed by atoms with van der Waals surface area (Å²) in [6.45, 7) is 0. The van der Waals surface area contributed by atoms with Crippen LogP contribution in [0.4, 0.5) is 5.82 Å². The van der Waals surface area contributed by atoms with E-state index in [1.54, 1.807) is 6.20 Å². The molecule has 1 aromatic heterocycles. The normalized spacial score (nSPS) is 12.0. The minimum atomic E-state index is 0.520. The molecule has 3 aromatic rings. The predicted octanol–water partition coefficient (Wildman–Crippen LogP) is 4.31. The monoisotopic (exact) mass is 308 g/mol. The number of benzene rings is 2. The van der Waals surface area contributed by atoms with E-state index in [1.165, 1.54) is 6.21 Å². The molecule has 0 aliphatic rings. The van der Waals surface area contributed by atoms with E-state index in [0.717, 1.165) is 16.3 Å². The predicted molar refractivity (Wildman–Crippen MR) is 91.9 cm³/mol. The Morgan fingerprint density at radius 1 is 1.05 bits per heavy atom. The average Bonchev–Trinajstić information content (AvgIpc) is 2.56. The molecule has 1 heterocycles. The maximum Gasteiger partial charge on any atom is 0.176 e. The number of anilines is 1. The van der Waals surface area contributed by atoms with Crippen LogP contribution >= 0.6 is 11.6 Å². The number of nitrogens with one attached hydrogen (secondary N) is 1. The molecule has 0 aliphatic carbocycles. The number of hydrazone groups is 1. The molecule has 0 atom stereocenters. The van der Waals surface area contributed by atoms with Gasteiger partial charge in [0.05, 0.1) is 17.4 Å². The fourth-order valence-corrected chi connectivity index (χ4v) is 2.19. The smallest absolute Gasteiger partial charge is 0.176 e. The summed E-state index contributed by atoms with van der Waals surface area (Å²) in [6.07, 6.45) is 5.09. The van der Waals surface area contributed by atoms with Crippen LogP contribution < -0.4 is 5.43 Å². The summed E-state index contributed by atoms with van der Waals surface area (Å²) >= 11 is 6.14. The molecule has 1 N–H and O–H groups in total. The lowest BCUT2D eigenvalue weighted by atomic mass is 10.2. The molecule has 0 fully saturated rings. The van der Waals surface area contributed by atoms with Gasteiger partial charge in [-0.3, -0.25) is 5.43 Å². The second kappa shape index (κ2) is 6.83. The zero-order valence-electron chi connectivity index (χ0n) is 11.6.